The maximum absolute atomic E-state index is 5.86. The monoisotopic (exact) mass is 269 g/mol. The minimum Gasteiger partial charge on any atom is -0.439 e. The van der Waals surface area contributed by atoms with E-state index in [4.69, 9.17) is 39.4 Å². The van der Waals surface area contributed by atoms with Gasteiger partial charge >= 0.3 is 0 Å². The predicted molar refractivity (Wildman–Crippen MR) is 69.6 cm³/mol. The van der Waals surface area contributed by atoms with E-state index in [-0.39, 0.29) is 5.82 Å². The predicted octanol–water partition coefficient (Wildman–Crippen LogP) is 3.35. The van der Waals surface area contributed by atoms with Crippen LogP contribution in [0.1, 0.15) is 0 Å². The van der Waals surface area contributed by atoms with E-state index in [2.05, 4.69) is 4.98 Å². The van der Waals surface area contributed by atoms with Crippen LogP contribution in [0, 0.1) is 0 Å². The van der Waals surface area contributed by atoms with Crippen LogP contribution in [-0.4, -0.2) is 4.98 Å². The number of nitrogen functional groups attached to an aromatic ring is 2. The van der Waals surface area contributed by atoms with Gasteiger partial charge in [0.2, 0.25) is 5.88 Å². The summed E-state index contributed by atoms with van der Waals surface area (Å²) in [5, 5.41) is 0.872. The number of halogens is 2. The molecule has 88 valence electrons. The molecule has 0 bridgehead atoms. The summed E-state index contributed by atoms with van der Waals surface area (Å²) in [5.41, 5.74) is 11.5. The maximum atomic E-state index is 5.86. The summed E-state index contributed by atoms with van der Waals surface area (Å²) < 4.78 is 5.46. The van der Waals surface area contributed by atoms with Crippen molar-refractivity contribution in [3.63, 3.8) is 0 Å². The van der Waals surface area contributed by atoms with Gasteiger partial charge in [0.25, 0.3) is 0 Å². The van der Waals surface area contributed by atoms with Gasteiger partial charge in [0.15, 0.2) is 5.82 Å². The van der Waals surface area contributed by atoms with Crippen molar-refractivity contribution in [1.82, 2.24) is 4.98 Å². The summed E-state index contributed by atoms with van der Waals surface area (Å²) in [6.45, 7) is 0. The van der Waals surface area contributed by atoms with E-state index in [1.807, 2.05) is 0 Å². The molecule has 0 spiro atoms. The van der Waals surface area contributed by atoms with Gasteiger partial charge in [-0.05, 0) is 18.2 Å². The Hall–Kier alpha value is -1.65. The second-order valence-electron chi connectivity index (χ2n) is 3.30. The zero-order valence-corrected chi connectivity index (χ0v) is 10.2. The van der Waals surface area contributed by atoms with Gasteiger partial charge in [0.05, 0.1) is 15.7 Å². The highest BCUT2D eigenvalue weighted by Crippen LogP contribution is 2.29. The zero-order valence-electron chi connectivity index (χ0n) is 8.65. The van der Waals surface area contributed by atoms with E-state index >= 15 is 0 Å². The minimum atomic E-state index is 0.225. The third kappa shape index (κ3) is 2.72. The Balaban J connectivity index is 2.25. The highest BCUT2D eigenvalue weighted by molar-refractivity contribution is 6.42. The molecule has 0 aliphatic heterocycles. The highest BCUT2D eigenvalue weighted by atomic mass is 35.5. The Morgan fingerprint density at radius 3 is 2.41 bits per heavy atom. The number of pyridine rings is 1. The molecule has 17 heavy (non-hydrogen) atoms. The molecule has 1 aromatic heterocycles. The Morgan fingerprint density at radius 1 is 1.00 bits per heavy atom. The number of aromatic nitrogens is 1. The molecule has 0 saturated heterocycles. The van der Waals surface area contributed by atoms with Gasteiger partial charge in [-0.25, -0.2) is 0 Å². The fraction of sp³-hybridized carbons (Fsp3) is 0. The number of rotatable bonds is 2. The molecule has 2 rings (SSSR count). The molecular weight excluding hydrogens is 261 g/mol. The number of hydrogen-bond donors (Lipinski definition) is 2. The molecule has 1 heterocycles. The van der Waals surface area contributed by atoms with Crippen LogP contribution < -0.4 is 16.2 Å². The van der Waals surface area contributed by atoms with Crippen molar-refractivity contribution in [3.8, 4) is 11.6 Å². The van der Waals surface area contributed by atoms with E-state index in [0.717, 1.165) is 0 Å². The maximum Gasteiger partial charge on any atom is 0.221 e. The van der Waals surface area contributed by atoms with E-state index < -0.39 is 0 Å². The normalized spacial score (nSPS) is 10.2. The first kappa shape index (κ1) is 11.8. The van der Waals surface area contributed by atoms with Gasteiger partial charge < -0.3 is 16.2 Å². The van der Waals surface area contributed by atoms with E-state index in [9.17, 15) is 0 Å². The number of ether oxygens (including phenoxy) is 1. The van der Waals surface area contributed by atoms with Crippen molar-refractivity contribution in [1.29, 1.82) is 0 Å². The van der Waals surface area contributed by atoms with Crippen molar-refractivity contribution >= 4 is 34.7 Å². The standard InChI is InChI=1S/C11H9Cl2N3O/c12-7-2-1-6(5-8(7)13)17-10-4-3-9(14)11(15)16-10/h1-5H,14H2,(H2,15,16). The highest BCUT2D eigenvalue weighted by Gasteiger charge is 2.04. The van der Waals surface area contributed by atoms with Crippen LogP contribution >= 0.6 is 23.2 Å². The van der Waals surface area contributed by atoms with Crippen LogP contribution in [-0.2, 0) is 0 Å². The molecule has 0 saturated carbocycles. The first-order valence-electron chi connectivity index (χ1n) is 4.71. The lowest BCUT2D eigenvalue weighted by Crippen LogP contribution is -1.98. The van der Waals surface area contributed by atoms with Crippen molar-refractivity contribution in [2.24, 2.45) is 0 Å². The summed E-state index contributed by atoms with van der Waals surface area (Å²) in [4.78, 5) is 3.97. The van der Waals surface area contributed by atoms with Gasteiger partial charge in [0.1, 0.15) is 5.75 Å². The summed E-state index contributed by atoms with van der Waals surface area (Å²) in [6, 6.07) is 8.16. The number of benzene rings is 1. The minimum absolute atomic E-state index is 0.225. The number of anilines is 2. The summed E-state index contributed by atoms with van der Waals surface area (Å²) in [6.07, 6.45) is 0. The Morgan fingerprint density at radius 2 is 1.76 bits per heavy atom. The average Bonchev–Trinajstić information content (AvgIpc) is 2.29. The molecule has 0 unspecified atom stereocenters. The molecule has 2 aromatic rings. The quantitative estimate of drug-likeness (QED) is 0.877. The van der Waals surface area contributed by atoms with Crippen molar-refractivity contribution in [2.75, 3.05) is 11.5 Å². The largest absolute Gasteiger partial charge is 0.439 e. The summed E-state index contributed by atoms with van der Waals surface area (Å²) in [5.74, 6) is 1.09. The summed E-state index contributed by atoms with van der Waals surface area (Å²) >= 11 is 11.6. The van der Waals surface area contributed by atoms with Gasteiger partial charge in [0, 0.05) is 12.1 Å². The molecule has 6 heteroatoms. The van der Waals surface area contributed by atoms with Crippen molar-refractivity contribution in [3.05, 3.63) is 40.4 Å². The smallest absolute Gasteiger partial charge is 0.221 e. The topological polar surface area (TPSA) is 74.2 Å². The molecule has 0 radical (unpaired) electrons. The van der Waals surface area contributed by atoms with E-state index in [0.29, 0.717) is 27.4 Å². The van der Waals surface area contributed by atoms with Crippen LogP contribution in [0.4, 0.5) is 11.5 Å². The zero-order chi connectivity index (χ0) is 12.4. The fourth-order valence-electron chi connectivity index (χ4n) is 1.18. The number of hydrogen-bond acceptors (Lipinski definition) is 4. The third-order valence-corrected chi connectivity index (χ3v) is 2.78. The molecular formula is C11H9Cl2N3O. The molecule has 4 nitrogen and oxygen atoms in total. The molecule has 0 atom stereocenters. The lowest BCUT2D eigenvalue weighted by molar-refractivity contribution is 0.464. The van der Waals surface area contributed by atoms with Crippen molar-refractivity contribution in [2.45, 2.75) is 0 Å². The van der Waals surface area contributed by atoms with Crippen LogP contribution in [0.15, 0.2) is 30.3 Å². The Labute approximate surface area is 108 Å². The van der Waals surface area contributed by atoms with Crippen LogP contribution in [0.3, 0.4) is 0 Å². The number of nitrogens with two attached hydrogens (primary N) is 2. The van der Waals surface area contributed by atoms with Crippen LogP contribution in [0.2, 0.25) is 10.0 Å². The lowest BCUT2D eigenvalue weighted by atomic mass is 10.3. The third-order valence-electron chi connectivity index (χ3n) is 2.05. The van der Waals surface area contributed by atoms with Gasteiger partial charge in [-0.2, -0.15) is 4.98 Å². The van der Waals surface area contributed by atoms with E-state index in [1.165, 1.54) is 0 Å². The van der Waals surface area contributed by atoms with E-state index in [1.54, 1.807) is 30.3 Å². The second-order valence-corrected chi connectivity index (χ2v) is 4.12. The molecule has 0 aliphatic rings. The number of nitrogens with zero attached hydrogens (tertiary/aromatic N) is 1. The first-order chi connectivity index (χ1) is 8.06. The average molecular weight is 270 g/mol. The SMILES string of the molecule is Nc1ccc(Oc2ccc(Cl)c(Cl)c2)nc1N. The van der Waals surface area contributed by atoms with Gasteiger partial charge in [-0.3, -0.25) is 0 Å². The second kappa shape index (κ2) is 4.69. The Bertz CT molecular complexity index is 511. The fourth-order valence-corrected chi connectivity index (χ4v) is 1.47. The van der Waals surface area contributed by atoms with Crippen LogP contribution in [0.25, 0.3) is 0 Å². The van der Waals surface area contributed by atoms with Gasteiger partial charge in [-0.15, -0.1) is 0 Å². The molecule has 0 fully saturated rings. The van der Waals surface area contributed by atoms with Gasteiger partial charge in [-0.1, -0.05) is 23.2 Å². The lowest BCUT2D eigenvalue weighted by Gasteiger charge is -2.07. The first-order valence-corrected chi connectivity index (χ1v) is 5.47. The molecule has 0 aliphatic carbocycles. The molecule has 1 aromatic carbocycles. The molecule has 4 N–H and O–H groups in total. The van der Waals surface area contributed by atoms with Crippen LogP contribution in [0.5, 0.6) is 11.6 Å². The Kier molecular flexibility index (Phi) is 3.26. The summed E-state index contributed by atoms with van der Waals surface area (Å²) in [7, 11) is 0. The van der Waals surface area contributed by atoms with Crippen molar-refractivity contribution < 1.29 is 4.74 Å². The molecule has 0 amide bonds.